The number of nitrogens with zero attached hydrogens (tertiary/aromatic N) is 1. The molecule has 1 N–H and O–H groups in total. The number of nitrogens with one attached hydrogen (secondary N) is 1. The number of carbonyl (C=O) groups excluding carboxylic acids is 2. The predicted molar refractivity (Wildman–Crippen MR) is 104 cm³/mol. The fraction of sp³-hybridized carbons (Fsp3) is 0.364. The molecule has 0 aromatic heterocycles. The molecule has 0 heterocycles. The number of hydrogen-bond donors (Lipinski definition) is 1. The van der Waals surface area contributed by atoms with Crippen molar-refractivity contribution in [2.24, 2.45) is 0 Å². The van der Waals surface area contributed by atoms with Crippen molar-refractivity contribution in [2.75, 3.05) is 11.9 Å². The minimum Gasteiger partial charge on any atom is -0.336 e. The predicted octanol–water partition coefficient (Wildman–Crippen LogP) is 4.87. The Hall–Kier alpha value is -2.69. The summed E-state index contributed by atoms with van der Waals surface area (Å²) in [5.41, 5.74) is 1.61. The fourth-order valence-electron chi connectivity index (χ4n) is 3.63. The van der Waals surface area contributed by atoms with Crippen LogP contribution in [0.25, 0.3) is 0 Å². The maximum absolute atomic E-state index is 13.0. The topological polar surface area (TPSA) is 49.4 Å². The molecular weight excluding hydrogens is 343 g/mol. The zero-order valence-corrected chi connectivity index (χ0v) is 15.6. The second kappa shape index (κ2) is 8.80. The minimum absolute atomic E-state index is 0.0424. The van der Waals surface area contributed by atoms with Gasteiger partial charge < -0.3 is 10.2 Å². The van der Waals surface area contributed by atoms with Crippen LogP contribution in [0.4, 0.5) is 10.1 Å². The van der Waals surface area contributed by atoms with Gasteiger partial charge in [0.2, 0.25) is 0 Å². The zero-order valence-electron chi connectivity index (χ0n) is 15.6. The molecule has 0 spiro atoms. The minimum atomic E-state index is -0.382. The first-order valence-electron chi connectivity index (χ1n) is 9.56. The fourth-order valence-corrected chi connectivity index (χ4v) is 3.63. The monoisotopic (exact) mass is 368 g/mol. The van der Waals surface area contributed by atoms with Crippen molar-refractivity contribution < 1.29 is 14.0 Å². The van der Waals surface area contributed by atoms with E-state index in [4.69, 9.17) is 0 Å². The number of hydrogen-bond acceptors (Lipinski definition) is 2. The van der Waals surface area contributed by atoms with Gasteiger partial charge in [0.05, 0.1) is 0 Å². The maximum atomic E-state index is 13.0. The molecule has 0 atom stereocenters. The van der Waals surface area contributed by atoms with Gasteiger partial charge in [0.25, 0.3) is 11.8 Å². The van der Waals surface area contributed by atoms with Crippen LogP contribution in [0.1, 0.15) is 59.7 Å². The Morgan fingerprint density at radius 3 is 2.15 bits per heavy atom. The van der Waals surface area contributed by atoms with E-state index < -0.39 is 0 Å². The third kappa shape index (κ3) is 4.73. The molecule has 0 unspecified atom stereocenters. The van der Waals surface area contributed by atoms with E-state index in [0.29, 0.717) is 29.4 Å². The van der Waals surface area contributed by atoms with Gasteiger partial charge in [-0.05, 0) is 68.3 Å². The average Bonchev–Trinajstić information content (AvgIpc) is 2.70. The smallest absolute Gasteiger partial charge is 0.255 e. The molecule has 1 fully saturated rings. The lowest BCUT2D eigenvalue weighted by Gasteiger charge is -2.33. The summed E-state index contributed by atoms with van der Waals surface area (Å²) in [5, 5.41) is 2.76. The lowest BCUT2D eigenvalue weighted by atomic mass is 9.93. The molecular formula is C22H25FN2O2. The molecule has 2 aromatic carbocycles. The summed E-state index contributed by atoms with van der Waals surface area (Å²) in [6, 6.07) is 12.6. The number of halogens is 1. The van der Waals surface area contributed by atoms with Crippen molar-refractivity contribution in [3.05, 3.63) is 65.5 Å². The molecule has 2 aromatic rings. The van der Waals surface area contributed by atoms with Crippen LogP contribution in [-0.4, -0.2) is 29.3 Å². The number of amides is 2. The Morgan fingerprint density at radius 2 is 1.56 bits per heavy atom. The molecule has 2 amide bonds. The molecule has 27 heavy (non-hydrogen) atoms. The number of benzene rings is 2. The molecule has 0 saturated heterocycles. The van der Waals surface area contributed by atoms with Crippen LogP contribution < -0.4 is 5.32 Å². The average molecular weight is 368 g/mol. The largest absolute Gasteiger partial charge is 0.336 e. The molecule has 5 heteroatoms. The summed E-state index contributed by atoms with van der Waals surface area (Å²) in [7, 11) is 0. The van der Waals surface area contributed by atoms with Crippen LogP contribution in [0, 0.1) is 5.82 Å². The molecule has 142 valence electrons. The van der Waals surface area contributed by atoms with Gasteiger partial charge in [-0.2, -0.15) is 0 Å². The second-order valence-electron chi connectivity index (χ2n) is 6.92. The van der Waals surface area contributed by atoms with E-state index >= 15 is 0 Å². The Bertz CT molecular complexity index is 781. The third-order valence-corrected chi connectivity index (χ3v) is 5.11. The van der Waals surface area contributed by atoms with E-state index in [9.17, 15) is 14.0 Å². The van der Waals surface area contributed by atoms with Crippen LogP contribution in [0.15, 0.2) is 48.5 Å². The Balaban J connectivity index is 1.66. The van der Waals surface area contributed by atoms with E-state index in [1.807, 2.05) is 11.8 Å². The Labute approximate surface area is 159 Å². The quantitative estimate of drug-likeness (QED) is 0.818. The van der Waals surface area contributed by atoms with Gasteiger partial charge in [-0.1, -0.05) is 19.3 Å². The van der Waals surface area contributed by atoms with Crippen LogP contribution in [0.5, 0.6) is 0 Å². The van der Waals surface area contributed by atoms with Gasteiger partial charge in [-0.25, -0.2) is 4.39 Å². The van der Waals surface area contributed by atoms with E-state index in [1.54, 1.807) is 24.3 Å². The summed E-state index contributed by atoms with van der Waals surface area (Å²) in [4.78, 5) is 27.0. The SMILES string of the molecule is CCN(C(=O)c1ccc(NC(=O)c2ccc(F)cc2)cc1)C1CCCCC1. The summed E-state index contributed by atoms with van der Waals surface area (Å²) in [6.45, 7) is 2.72. The highest BCUT2D eigenvalue weighted by atomic mass is 19.1. The van der Waals surface area contributed by atoms with E-state index in [0.717, 1.165) is 12.8 Å². The third-order valence-electron chi connectivity index (χ3n) is 5.11. The van der Waals surface area contributed by atoms with E-state index in [-0.39, 0.29) is 17.6 Å². The van der Waals surface area contributed by atoms with Crippen LogP contribution in [0.3, 0.4) is 0 Å². The molecule has 3 rings (SSSR count). The first-order valence-corrected chi connectivity index (χ1v) is 9.56. The molecule has 4 nitrogen and oxygen atoms in total. The summed E-state index contributed by atoms with van der Waals surface area (Å²) >= 11 is 0. The van der Waals surface area contributed by atoms with Crippen molar-refractivity contribution in [1.82, 2.24) is 4.90 Å². The van der Waals surface area contributed by atoms with Crippen molar-refractivity contribution >= 4 is 17.5 Å². The molecule has 0 radical (unpaired) electrons. The molecule has 1 saturated carbocycles. The molecule has 1 aliphatic rings. The zero-order chi connectivity index (χ0) is 19.2. The molecule has 1 aliphatic carbocycles. The highest BCUT2D eigenvalue weighted by molar-refractivity contribution is 6.04. The van der Waals surface area contributed by atoms with Crippen LogP contribution >= 0.6 is 0 Å². The molecule has 0 aliphatic heterocycles. The number of anilines is 1. The first kappa shape index (κ1) is 19.1. The normalized spacial score (nSPS) is 14.6. The summed E-state index contributed by atoms with van der Waals surface area (Å²) < 4.78 is 13.0. The van der Waals surface area contributed by atoms with Gasteiger partial charge in [0.1, 0.15) is 5.82 Å². The first-order chi connectivity index (χ1) is 13.1. The number of rotatable bonds is 5. The Kier molecular flexibility index (Phi) is 6.22. The summed E-state index contributed by atoms with van der Waals surface area (Å²) in [5.74, 6) is -0.653. The van der Waals surface area contributed by atoms with Gasteiger partial charge >= 0.3 is 0 Å². The summed E-state index contributed by atoms with van der Waals surface area (Å²) in [6.07, 6.45) is 5.77. The van der Waals surface area contributed by atoms with Crippen LogP contribution in [0.2, 0.25) is 0 Å². The van der Waals surface area contributed by atoms with Crippen LogP contribution in [-0.2, 0) is 0 Å². The van der Waals surface area contributed by atoms with Gasteiger partial charge in [0, 0.05) is 29.4 Å². The van der Waals surface area contributed by atoms with Crippen molar-refractivity contribution in [3.63, 3.8) is 0 Å². The van der Waals surface area contributed by atoms with Crippen molar-refractivity contribution in [3.8, 4) is 0 Å². The Morgan fingerprint density at radius 1 is 0.963 bits per heavy atom. The van der Waals surface area contributed by atoms with Gasteiger partial charge in [-0.15, -0.1) is 0 Å². The van der Waals surface area contributed by atoms with Crippen molar-refractivity contribution in [1.29, 1.82) is 0 Å². The van der Waals surface area contributed by atoms with E-state index in [1.165, 1.54) is 43.5 Å². The maximum Gasteiger partial charge on any atom is 0.255 e. The number of carbonyl (C=O) groups is 2. The highest BCUT2D eigenvalue weighted by Gasteiger charge is 2.24. The lowest BCUT2D eigenvalue weighted by Crippen LogP contribution is -2.41. The molecule has 0 bridgehead atoms. The lowest BCUT2D eigenvalue weighted by molar-refractivity contribution is 0.0648. The standard InChI is InChI=1S/C22H25FN2O2/c1-2-25(20-6-4-3-5-7-20)22(27)17-10-14-19(15-11-17)24-21(26)16-8-12-18(23)13-9-16/h8-15,20H,2-7H2,1H3,(H,24,26). The van der Waals surface area contributed by atoms with E-state index in [2.05, 4.69) is 5.32 Å². The van der Waals surface area contributed by atoms with Gasteiger partial charge in [0.15, 0.2) is 0 Å². The van der Waals surface area contributed by atoms with Gasteiger partial charge in [-0.3, -0.25) is 9.59 Å². The van der Waals surface area contributed by atoms with Crippen molar-refractivity contribution in [2.45, 2.75) is 45.1 Å². The highest BCUT2D eigenvalue weighted by Crippen LogP contribution is 2.24. The second-order valence-corrected chi connectivity index (χ2v) is 6.92.